The lowest BCUT2D eigenvalue weighted by Crippen LogP contribution is -2.65. The third kappa shape index (κ3) is 2.85. The van der Waals surface area contributed by atoms with Gasteiger partial charge in [0.15, 0.2) is 0 Å². The molecule has 0 amide bonds. The van der Waals surface area contributed by atoms with Gasteiger partial charge in [0.2, 0.25) is 0 Å². The monoisotopic (exact) mass is 458 g/mol. The number of fused-ring (bicyclic) bond motifs is 7. The van der Waals surface area contributed by atoms with E-state index in [2.05, 4.69) is 48.5 Å². The lowest BCUT2D eigenvalue weighted by Gasteiger charge is -2.72. The summed E-state index contributed by atoms with van der Waals surface area (Å²) in [4.78, 5) is 0. The van der Waals surface area contributed by atoms with Crippen molar-refractivity contribution in [3.8, 4) is 0 Å². The Morgan fingerprint density at radius 1 is 0.818 bits per heavy atom. The molecule has 0 aromatic rings. The fraction of sp³-hybridized carbons (Fsp3) is 0.933. The van der Waals surface area contributed by atoms with Gasteiger partial charge in [-0.2, -0.15) is 0 Å². The van der Waals surface area contributed by atoms with Crippen molar-refractivity contribution >= 4 is 0 Å². The summed E-state index contributed by atoms with van der Waals surface area (Å²) in [6.45, 7) is 17.1. The lowest BCUT2D eigenvalue weighted by molar-refractivity contribution is -0.229. The standard InChI is InChI=1S/C30H50O3/c1-18(2)24-20(32)16-30(17-31)15-14-28(6)19(25(24)30)8-9-22-27(5)12-11-23(33)26(3,4)21(27)10-13-29(22,28)7/h18-23,31-33H,8-17H2,1-7H3/t19-,20?,21+,22-,23+,27+,28-,29-,30+/m1/s1. The van der Waals surface area contributed by atoms with Crippen molar-refractivity contribution in [3.05, 3.63) is 11.1 Å². The molecule has 3 nitrogen and oxygen atoms in total. The van der Waals surface area contributed by atoms with Crippen molar-refractivity contribution in [2.75, 3.05) is 6.61 Å². The molecule has 0 heterocycles. The largest absolute Gasteiger partial charge is 0.395 e. The molecule has 3 N–H and O–H groups in total. The van der Waals surface area contributed by atoms with E-state index < -0.39 is 0 Å². The second kappa shape index (κ2) is 7.32. The van der Waals surface area contributed by atoms with Crippen LogP contribution in [0.3, 0.4) is 0 Å². The molecule has 5 rings (SSSR count). The molecule has 5 aliphatic carbocycles. The average molecular weight is 459 g/mol. The maximum atomic E-state index is 11.1. The van der Waals surface area contributed by atoms with Gasteiger partial charge in [0.05, 0.1) is 18.8 Å². The Morgan fingerprint density at radius 3 is 2.15 bits per heavy atom. The zero-order chi connectivity index (χ0) is 24.2. The third-order valence-electron chi connectivity index (χ3n) is 13.1. The first kappa shape index (κ1) is 24.3. The Morgan fingerprint density at radius 2 is 1.52 bits per heavy atom. The fourth-order valence-corrected chi connectivity index (χ4v) is 11.2. The first-order chi connectivity index (χ1) is 15.3. The maximum absolute atomic E-state index is 11.1. The Balaban J connectivity index is 1.60. The van der Waals surface area contributed by atoms with E-state index in [-0.39, 0.29) is 40.5 Å². The molecule has 188 valence electrons. The van der Waals surface area contributed by atoms with E-state index in [0.717, 1.165) is 25.7 Å². The van der Waals surface area contributed by atoms with Gasteiger partial charge in [-0.05, 0) is 109 Å². The molecule has 4 saturated carbocycles. The SMILES string of the molecule is CC(C)C1=C2[C@H]3CC[C@@H]4[C@@]5(C)CC[C@H](O)C(C)(C)[C@@H]5CC[C@@]4(C)[C@]3(C)CC[C@@]2(CO)CC1O. The second-order valence-electron chi connectivity index (χ2n) is 14.7. The average Bonchev–Trinajstić information content (AvgIpc) is 3.04. The summed E-state index contributed by atoms with van der Waals surface area (Å²) in [5, 5.41) is 32.7. The van der Waals surface area contributed by atoms with E-state index in [4.69, 9.17) is 0 Å². The number of rotatable bonds is 2. The highest BCUT2D eigenvalue weighted by atomic mass is 16.3. The Labute approximate surface area is 202 Å². The van der Waals surface area contributed by atoms with Gasteiger partial charge < -0.3 is 15.3 Å². The molecule has 4 fully saturated rings. The van der Waals surface area contributed by atoms with Gasteiger partial charge in [-0.3, -0.25) is 0 Å². The van der Waals surface area contributed by atoms with Crippen LogP contribution in [0.4, 0.5) is 0 Å². The summed E-state index contributed by atoms with van der Waals surface area (Å²) in [6, 6.07) is 0. The molecule has 3 heteroatoms. The third-order valence-corrected chi connectivity index (χ3v) is 13.1. The van der Waals surface area contributed by atoms with Crippen LogP contribution in [0.5, 0.6) is 0 Å². The van der Waals surface area contributed by atoms with Crippen LogP contribution >= 0.6 is 0 Å². The fourth-order valence-electron chi connectivity index (χ4n) is 11.2. The molecule has 9 atom stereocenters. The van der Waals surface area contributed by atoms with Crippen LogP contribution in [0.1, 0.15) is 106 Å². The molecule has 5 aliphatic rings. The molecule has 0 spiro atoms. The predicted molar refractivity (Wildman–Crippen MR) is 134 cm³/mol. The minimum absolute atomic E-state index is 0.00636. The van der Waals surface area contributed by atoms with E-state index in [1.165, 1.54) is 43.3 Å². The normalized spacial score (nSPS) is 53.4. The predicted octanol–water partition coefficient (Wildman–Crippen LogP) is 6.11. The molecule has 0 radical (unpaired) electrons. The molecule has 33 heavy (non-hydrogen) atoms. The van der Waals surface area contributed by atoms with E-state index in [0.29, 0.717) is 29.1 Å². The van der Waals surface area contributed by atoms with Crippen molar-refractivity contribution in [1.29, 1.82) is 0 Å². The zero-order valence-corrected chi connectivity index (χ0v) is 22.4. The molecule has 0 aliphatic heterocycles. The number of aliphatic hydroxyl groups excluding tert-OH is 3. The second-order valence-corrected chi connectivity index (χ2v) is 14.7. The summed E-state index contributed by atoms with van der Waals surface area (Å²) < 4.78 is 0. The highest BCUT2D eigenvalue weighted by Gasteiger charge is 2.69. The number of aliphatic hydroxyl groups is 3. The van der Waals surface area contributed by atoms with Crippen molar-refractivity contribution < 1.29 is 15.3 Å². The van der Waals surface area contributed by atoms with E-state index in [1.54, 1.807) is 0 Å². The molecule has 0 saturated heterocycles. The van der Waals surface area contributed by atoms with Crippen LogP contribution in [-0.4, -0.2) is 34.1 Å². The van der Waals surface area contributed by atoms with Crippen LogP contribution in [0.2, 0.25) is 0 Å². The van der Waals surface area contributed by atoms with Gasteiger partial charge in [0, 0.05) is 5.41 Å². The Bertz CT molecular complexity index is 843. The van der Waals surface area contributed by atoms with E-state index in [1.807, 2.05) is 0 Å². The topological polar surface area (TPSA) is 60.7 Å². The first-order valence-electron chi connectivity index (χ1n) is 14.0. The van der Waals surface area contributed by atoms with E-state index >= 15 is 0 Å². The summed E-state index contributed by atoms with van der Waals surface area (Å²) in [7, 11) is 0. The maximum Gasteiger partial charge on any atom is 0.0764 e. The first-order valence-corrected chi connectivity index (χ1v) is 14.0. The summed E-state index contributed by atoms with van der Waals surface area (Å²) in [6.07, 6.45) is 9.37. The summed E-state index contributed by atoms with van der Waals surface area (Å²) in [5.41, 5.74) is 3.32. The highest BCUT2D eigenvalue weighted by Crippen LogP contribution is 2.76. The Kier molecular flexibility index (Phi) is 5.40. The van der Waals surface area contributed by atoms with Gasteiger partial charge in [-0.25, -0.2) is 0 Å². The van der Waals surface area contributed by atoms with Crippen molar-refractivity contribution in [2.45, 2.75) is 118 Å². The van der Waals surface area contributed by atoms with Crippen molar-refractivity contribution in [3.63, 3.8) is 0 Å². The quantitative estimate of drug-likeness (QED) is 0.437. The van der Waals surface area contributed by atoms with Crippen molar-refractivity contribution in [1.82, 2.24) is 0 Å². The highest BCUT2D eigenvalue weighted by molar-refractivity contribution is 5.40. The molecule has 0 aromatic carbocycles. The van der Waals surface area contributed by atoms with Gasteiger partial charge in [0.1, 0.15) is 0 Å². The smallest absolute Gasteiger partial charge is 0.0764 e. The molecule has 0 bridgehead atoms. The molecular weight excluding hydrogens is 408 g/mol. The number of hydrogen-bond acceptors (Lipinski definition) is 3. The Hall–Kier alpha value is -0.380. The minimum Gasteiger partial charge on any atom is -0.395 e. The van der Waals surface area contributed by atoms with Gasteiger partial charge >= 0.3 is 0 Å². The van der Waals surface area contributed by atoms with E-state index in [9.17, 15) is 15.3 Å². The molecule has 1 unspecified atom stereocenters. The summed E-state index contributed by atoms with van der Waals surface area (Å²) >= 11 is 0. The minimum atomic E-state index is -0.381. The van der Waals surface area contributed by atoms with Crippen molar-refractivity contribution in [2.24, 2.45) is 50.7 Å². The van der Waals surface area contributed by atoms with Crippen LogP contribution in [-0.2, 0) is 0 Å². The van der Waals surface area contributed by atoms with Crippen LogP contribution in [0.15, 0.2) is 11.1 Å². The molecular formula is C30H50O3. The van der Waals surface area contributed by atoms with Crippen LogP contribution in [0.25, 0.3) is 0 Å². The number of hydrogen-bond donors (Lipinski definition) is 3. The van der Waals surface area contributed by atoms with Gasteiger partial charge in [0.25, 0.3) is 0 Å². The van der Waals surface area contributed by atoms with Crippen LogP contribution < -0.4 is 0 Å². The summed E-state index contributed by atoms with van der Waals surface area (Å²) in [5.74, 6) is 2.10. The van der Waals surface area contributed by atoms with Gasteiger partial charge in [-0.1, -0.05) is 54.0 Å². The van der Waals surface area contributed by atoms with Gasteiger partial charge in [-0.15, -0.1) is 0 Å². The molecule has 0 aromatic heterocycles. The lowest BCUT2D eigenvalue weighted by atomic mass is 9.33. The van der Waals surface area contributed by atoms with Crippen LogP contribution in [0, 0.1) is 50.7 Å². The zero-order valence-electron chi connectivity index (χ0n) is 22.4.